The molecule has 1 aromatic heterocycles. The van der Waals surface area contributed by atoms with Gasteiger partial charge in [-0.3, -0.25) is 4.79 Å². The van der Waals surface area contributed by atoms with Crippen molar-refractivity contribution in [2.75, 3.05) is 19.7 Å². The van der Waals surface area contributed by atoms with E-state index in [1.807, 2.05) is 13.8 Å². The molecule has 0 radical (unpaired) electrons. The van der Waals surface area contributed by atoms with Crippen molar-refractivity contribution in [3.8, 4) is 0 Å². The van der Waals surface area contributed by atoms with Gasteiger partial charge in [-0.1, -0.05) is 23.2 Å². The van der Waals surface area contributed by atoms with Crippen LogP contribution in [0.2, 0.25) is 10.2 Å². The molecule has 1 amide bonds. The number of amides is 1. The van der Waals surface area contributed by atoms with Crippen molar-refractivity contribution >= 4 is 35.1 Å². The monoisotopic (exact) mass is 346 g/mol. The highest BCUT2D eigenvalue weighted by Gasteiger charge is 2.26. The molecule has 2 atom stereocenters. The van der Waals surface area contributed by atoms with E-state index in [1.54, 1.807) is 4.90 Å². The number of carbonyl (C=O) groups is 2. The quantitative estimate of drug-likeness (QED) is 0.619. The van der Waals surface area contributed by atoms with Crippen LogP contribution in [0, 0.1) is 0 Å². The molecule has 1 aliphatic rings. The van der Waals surface area contributed by atoms with Crippen LogP contribution >= 0.6 is 23.2 Å². The molecule has 1 saturated heterocycles. The van der Waals surface area contributed by atoms with Gasteiger partial charge in [0.15, 0.2) is 12.3 Å². The molecule has 0 N–H and O–H groups in total. The highest BCUT2D eigenvalue weighted by atomic mass is 35.5. The maximum atomic E-state index is 12.1. The Kier molecular flexibility index (Phi) is 5.61. The zero-order valence-corrected chi connectivity index (χ0v) is 13.7. The van der Waals surface area contributed by atoms with Crippen LogP contribution in [0.15, 0.2) is 12.1 Å². The first-order valence-corrected chi connectivity index (χ1v) is 7.55. The molecule has 0 saturated carbocycles. The van der Waals surface area contributed by atoms with Gasteiger partial charge >= 0.3 is 5.97 Å². The number of aromatic nitrogens is 1. The third-order valence-corrected chi connectivity index (χ3v) is 3.62. The van der Waals surface area contributed by atoms with Crippen molar-refractivity contribution in [3.05, 3.63) is 28.0 Å². The summed E-state index contributed by atoms with van der Waals surface area (Å²) in [5.74, 6) is -1.07. The minimum Gasteiger partial charge on any atom is -0.451 e. The van der Waals surface area contributed by atoms with Crippen molar-refractivity contribution in [3.63, 3.8) is 0 Å². The average Bonchev–Trinajstić information content (AvgIpc) is 2.45. The van der Waals surface area contributed by atoms with E-state index < -0.39 is 5.97 Å². The van der Waals surface area contributed by atoms with Gasteiger partial charge in [0, 0.05) is 13.1 Å². The van der Waals surface area contributed by atoms with Crippen LogP contribution < -0.4 is 0 Å². The first kappa shape index (κ1) is 17.0. The number of pyridine rings is 1. The van der Waals surface area contributed by atoms with Gasteiger partial charge in [0.1, 0.15) is 5.15 Å². The Morgan fingerprint density at radius 1 is 1.32 bits per heavy atom. The van der Waals surface area contributed by atoms with Gasteiger partial charge in [-0.15, -0.1) is 0 Å². The Bertz CT molecular complexity index is 572. The summed E-state index contributed by atoms with van der Waals surface area (Å²) in [6.07, 6.45) is -0.0973. The van der Waals surface area contributed by atoms with Gasteiger partial charge in [-0.05, 0) is 26.0 Å². The molecule has 120 valence electrons. The number of carbonyl (C=O) groups excluding carboxylic acids is 2. The van der Waals surface area contributed by atoms with Gasteiger partial charge in [0.25, 0.3) is 5.91 Å². The van der Waals surface area contributed by atoms with Crippen molar-refractivity contribution in [2.24, 2.45) is 0 Å². The third-order valence-electron chi connectivity index (χ3n) is 3.10. The number of hydrogen-bond acceptors (Lipinski definition) is 5. The smallest absolute Gasteiger partial charge is 0.359 e. The largest absolute Gasteiger partial charge is 0.451 e. The summed E-state index contributed by atoms with van der Waals surface area (Å²) >= 11 is 11.6. The Morgan fingerprint density at radius 2 is 1.95 bits per heavy atom. The summed E-state index contributed by atoms with van der Waals surface area (Å²) < 4.78 is 10.5. The molecule has 0 spiro atoms. The first-order valence-electron chi connectivity index (χ1n) is 6.79. The maximum Gasteiger partial charge on any atom is 0.359 e. The molecule has 2 rings (SSSR count). The average molecular weight is 347 g/mol. The zero-order valence-electron chi connectivity index (χ0n) is 12.2. The lowest BCUT2D eigenvalue weighted by Gasteiger charge is -2.35. The van der Waals surface area contributed by atoms with Crippen LogP contribution in [0.25, 0.3) is 0 Å². The molecule has 1 aromatic rings. The van der Waals surface area contributed by atoms with Crippen LogP contribution in [-0.4, -0.2) is 53.7 Å². The van der Waals surface area contributed by atoms with Crippen LogP contribution in [0.1, 0.15) is 24.3 Å². The van der Waals surface area contributed by atoms with Crippen LogP contribution in [0.5, 0.6) is 0 Å². The van der Waals surface area contributed by atoms with Gasteiger partial charge in [0.2, 0.25) is 0 Å². The van der Waals surface area contributed by atoms with E-state index >= 15 is 0 Å². The summed E-state index contributed by atoms with van der Waals surface area (Å²) in [4.78, 5) is 29.4. The van der Waals surface area contributed by atoms with Crippen molar-refractivity contribution in [1.82, 2.24) is 9.88 Å². The molecule has 6 nitrogen and oxygen atoms in total. The first-order chi connectivity index (χ1) is 10.4. The minimum atomic E-state index is -0.782. The molecule has 1 fully saturated rings. The summed E-state index contributed by atoms with van der Waals surface area (Å²) in [7, 11) is 0. The lowest BCUT2D eigenvalue weighted by Crippen LogP contribution is -2.49. The Morgan fingerprint density at radius 3 is 2.59 bits per heavy atom. The van der Waals surface area contributed by atoms with Gasteiger partial charge in [-0.25, -0.2) is 9.78 Å². The Hall–Kier alpha value is -1.37. The van der Waals surface area contributed by atoms with Crippen molar-refractivity contribution < 1.29 is 19.1 Å². The molecule has 8 heteroatoms. The molecule has 2 heterocycles. The molecule has 0 aromatic carbocycles. The van der Waals surface area contributed by atoms with Crippen molar-refractivity contribution in [1.29, 1.82) is 0 Å². The lowest BCUT2D eigenvalue weighted by molar-refractivity contribution is -0.146. The van der Waals surface area contributed by atoms with E-state index in [0.717, 1.165) is 0 Å². The van der Waals surface area contributed by atoms with Crippen LogP contribution in [0.4, 0.5) is 0 Å². The molecule has 0 unspecified atom stereocenters. The van der Waals surface area contributed by atoms with Crippen LogP contribution in [0.3, 0.4) is 0 Å². The normalized spacial score (nSPS) is 21.5. The Balaban J connectivity index is 1.93. The molecule has 0 aliphatic carbocycles. The standard InChI is InChI=1S/C14H16Cl2N2O4/c1-8-5-18(6-9(2)22-8)12(19)7-21-14(20)13-10(15)3-4-11(16)17-13/h3-4,8-9H,5-7H2,1-2H3/t8-,9-/m0/s1. The number of hydrogen-bond donors (Lipinski definition) is 0. The van der Waals surface area contributed by atoms with Gasteiger partial charge in [-0.2, -0.15) is 0 Å². The van der Waals surface area contributed by atoms with E-state index in [4.69, 9.17) is 32.7 Å². The van der Waals surface area contributed by atoms with E-state index in [-0.39, 0.29) is 40.6 Å². The number of rotatable bonds is 3. The fourth-order valence-electron chi connectivity index (χ4n) is 2.23. The number of halogens is 2. The minimum absolute atomic E-state index is 0.0487. The summed E-state index contributed by atoms with van der Waals surface area (Å²) in [5, 5.41) is 0.244. The predicted octanol–water partition coefficient (Wildman–Crippen LogP) is 2.18. The van der Waals surface area contributed by atoms with E-state index in [1.165, 1.54) is 12.1 Å². The number of ether oxygens (including phenoxy) is 2. The second-order valence-electron chi connectivity index (χ2n) is 5.10. The predicted molar refractivity (Wildman–Crippen MR) is 81.1 cm³/mol. The SMILES string of the molecule is C[C@H]1CN(C(=O)COC(=O)c2nc(Cl)ccc2Cl)C[C@H](C)O1. The Labute approximate surface area is 138 Å². The molecular formula is C14H16Cl2N2O4. The van der Waals surface area contributed by atoms with E-state index in [0.29, 0.717) is 13.1 Å². The van der Waals surface area contributed by atoms with Gasteiger partial charge in [0.05, 0.1) is 17.2 Å². The molecular weight excluding hydrogens is 331 g/mol. The third kappa shape index (κ3) is 4.32. The fraction of sp³-hybridized carbons (Fsp3) is 0.500. The number of nitrogens with zero attached hydrogens (tertiary/aromatic N) is 2. The van der Waals surface area contributed by atoms with E-state index in [9.17, 15) is 9.59 Å². The highest BCUT2D eigenvalue weighted by Crippen LogP contribution is 2.18. The second-order valence-corrected chi connectivity index (χ2v) is 5.89. The summed E-state index contributed by atoms with van der Waals surface area (Å²) in [6.45, 7) is 4.34. The van der Waals surface area contributed by atoms with E-state index in [2.05, 4.69) is 4.98 Å². The fourth-order valence-corrected chi connectivity index (χ4v) is 2.56. The lowest BCUT2D eigenvalue weighted by atomic mass is 10.2. The van der Waals surface area contributed by atoms with Crippen molar-refractivity contribution in [2.45, 2.75) is 26.1 Å². The van der Waals surface area contributed by atoms with Crippen LogP contribution in [-0.2, 0) is 14.3 Å². The maximum absolute atomic E-state index is 12.1. The second kappa shape index (κ2) is 7.26. The molecule has 0 bridgehead atoms. The number of esters is 1. The number of morpholine rings is 1. The summed E-state index contributed by atoms with van der Waals surface area (Å²) in [5.41, 5.74) is -0.106. The van der Waals surface area contributed by atoms with Gasteiger partial charge < -0.3 is 14.4 Å². The summed E-state index contributed by atoms with van der Waals surface area (Å²) in [6, 6.07) is 2.91. The molecule has 22 heavy (non-hydrogen) atoms. The topological polar surface area (TPSA) is 68.7 Å². The highest BCUT2D eigenvalue weighted by molar-refractivity contribution is 6.34. The zero-order chi connectivity index (χ0) is 16.3. The molecule has 1 aliphatic heterocycles.